The van der Waals surface area contributed by atoms with Crippen LogP contribution in [0.2, 0.25) is 5.02 Å². The van der Waals surface area contributed by atoms with Gasteiger partial charge >= 0.3 is 0 Å². The number of aliphatic hydroxyl groups is 1. The van der Waals surface area contributed by atoms with E-state index < -0.39 is 6.10 Å². The Morgan fingerprint density at radius 2 is 2.33 bits per heavy atom. The lowest BCUT2D eigenvalue weighted by Crippen LogP contribution is -2.13. The zero-order valence-electron chi connectivity index (χ0n) is 8.32. The number of hydrogen-bond acceptors (Lipinski definition) is 3. The third-order valence-electron chi connectivity index (χ3n) is 2.68. The van der Waals surface area contributed by atoms with Crippen molar-refractivity contribution in [2.75, 3.05) is 11.5 Å². The molecule has 0 saturated carbocycles. The van der Waals surface area contributed by atoms with Crippen LogP contribution >= 0.6 is 23.4 Å². The third kappa shape index (κ3) is 2.41. The maximum absolute atomic E-state index is 10.1. The highest BCUT2D eigenvalue weighted by Crippen LogP contribution is 2.38. The normalized spacial score (nSPS) is 22.9. The van der Waals surface area contributed by atoms with E-state index in [9.17, 15) is 5.11 Å². The molecule has 0 aliphatic carbocycles. The Morgan fingerprint density at radius 3 is 2.93 bits per heavy atom. The van der Waals surface area contributed by atoms with Crippen molar-refractivity contribution in [2.45, 2.75) is 24.2 Å². The number of nitrogens with two attached hydrogens (primary N) is 1. The predicted octanol–water partition coefficient (Wildman–Crippen LogP) is 2.85. The molecule has 0 spiro atoms. The van der Waals surface area contributed by atoms with Crippen LogP contribution in [0.25, 0.3) is 0 Å². The number of hydrogen-bond donors (Lipinski definition) is 2. The molecule has 3 N–H and O–H groups in total. The van der Waals surface area contributed by atoms with E-state index in [0.717, 1.165) is 17.7 Å². The van der Waals surface area contributed by atoms with Gasteiger partial charge in [0.15, 0.2) is 0 Å². The van der Waals surface area contributed by atoms with Gasteiger partial charge in [-0.05, 0) is 30.7 Å². The average Bonchev–Trinajstić information content (AvgIpc) is 2.69. The fraction of sp³-hybridized carbons (Fsp3) is 0.455. The van der Waals surface area contributed by atoms with E-state index in [-0.39, 0.29) is 5.25 Å². The molecule has 2 unspecified atom stereocenters. The number of nitrogen functional groups attached to an aromatic ring is 1. The van der Waals surface area contributed by atoms with Crippen molar-refractivity contribution in [3.63, 3.8) is 0 Å². The molecule has 1 heterocycles. The Hall–Kier alpha value is -0.380. The standard InChI is InChI=1S/C11H14ClNOS/c12-7-3-4-8(9(13)6-7)11(14)10-2-1-5-15-10/h3-4,6,10-11,14H,1-2,5,13H2. The molecule has 4 heteroatoms. The molecule has 2 atom stereocenters. The lowest BCUT2D eigenvalue weighted by Gasteiger charge is -2.19. The first-order chi connectivity index (χ1) is 7.18. The fourth-order valence-electron chi connectivity index (χ4n) is 1.87. The number of halogens is 1. The Kier molecular flexibility index (Phi) is 3.44. The number of thioether (sulfide) groups is 1. The summed E-state index contributed by atoms with van der Waals surface area (Å²) in [6.07, 6.45) is 1.78. The maximum atomic E-state index is 10.1. The number of rotatable bonds is 2. The van der Waals surface area contributed by atoms with Gasteiger partial charge in [0.2, 0.25) is 0 Å². The summed E-state index contributed by atoms with van der Waals surface area (Å²) in [5, 5.41) is 11.0. The predicted molar refractivity (Wildman–Crippen MR) is 66.3 cm³/mol. The van der Waals surface area contributed by atoms with E-state index in [4.69, 9.17) is 17.3 Å². The molecule has 1 saturated heterocycles. The largest absolute Gasteiger partial charge is 0.398 e. The number of aliphatic hydroxyl groups excluding tert-OH is 1. The molecule has 2 nitrogen and oxygen atoms in total. The van der Waals surface area contributed by atoms with Gasteiger partial charge in [0.1, 0.15) is 0 Å². The highest BCUT2D eigenvalue weighted by molar-refractivity contribution is 8.00. The Morgan fingerprint density at radius 1 is 1.53 bits per heavy atom. The Balaban J connectivity index is 2.20. The summed E-state index contributed by atoms with van der Waals surface area (Å²) >= 11 is 7.63. The number of benzene rings is 1. The van der Waals surface area contributed by atoms with Gasteiger partial charge in [-0.1, -0.05) is 17.7 Å². The van der Waals surface area contributed by atoms with Gasteiger partial charge in [-0.3, -0.25) is 0 Å². The third-order valence-corrected chi connectivity index (χ3v) is 4.37. The maximum Gasteiger partial charge on any atom is 0.0928 e. The van der Waals surface area contributed by atoms with Crippen LogP contribution in [0.3, 0.4) is 0 Å². The van der Waals surface area contributed by atoms with Crippen LogP contribution < -0.4 is 5.73 Å². The van der Waals surface area contributed by atoms with Crippen LogP contribution in [0.1, 0.15) is 24.5 Å². The van der Waals surface area contributed by atoms with Crippen LogP contribution in [0, 0.1) is 0 Å². The summed E-state index contributed by atoms with van der Waals surface area (Å²) < 4.78 is 0. The second-order valence-electron chi connectivity index (χ2n) is 3.77. The van der Waals surface area contributed by atoms with Crippen LogP contribution in [-0.2, 0) is 0 Å². The van der Waals surface area contributed by atoms with E-state index >= 15 is 0 Å². The lowest BCUT2D eigenvalue weighted by atomic mass is 10.0. The van der Waals surface area contributed by atoms with Crippen molar-refractivity contribution in [3.8, 4) is 0 Å². The summed E-state index contributed by atoms with van der Waals surface area (Å²) in [4.78, 5) is 0. The minimum atomic E-state index is -0.463. The first kappa shape index (κ1) is 11.1. The topological polar surface area (TPSA) is 46.2 Å². The monoisotopic (exact) mass is 243 g/mol. The van der Waals surface area contributed by atoms with Crippen molar-refractivity contribution in [1.82, 2.24) is 0 Å². The highest BCUT2D eigenvalue weighted by atomic mass is 35.5. The molecule has 15 heavy (non-hydrogen) atoms. The van der Waals surface area contributed by atoms with Crippen LogP contribution in [0.4, 0.5) is 5.69 Å². The van der Waals surface area contributed by atoms with Crippen molar-refractivity contribution in [1.29, 1.82) is 0 Å². The molecule has 1 aliphatic rings. The molecule has 0 aromatic heterocycles. The van der Waals surface area contributed by atoms with Gasteiger partial charge < -0.3 is 10.8 Å². The summed E-state index contributed by atoms with van der Waals surface area (Å²) in [5.74, 6) is 1.13. The first-order valence-corrected chi connectivity index (χ1v) is 6.46. The highest BCUT2D eigenvalue weighted by Gasteiger charge is 2.26. The van der Waals surface area contributed by atoms with Crippen molar-refractivity contribution >= 4 is 29.1 Å². The zero-order valence-corrected chi connectivity index (χ0v) is 9.89. The van der Waals surface area contributed by atoms with Crippen molar-refractivity contribution in [3.05, 3.63) is 28.8 Å². The van der Waals surface area contributed by atoms with Crippen LogP contribution in [-0.4, -0.2) is 16.1 Å². The zero-order chi connectivity index (χ0) is 10.8. The minimum Gasteiger partial charge on any atom is -0.398 e. The van der Waals surface area contributed by atoms with E-state index in [1.54, 1.807) is 12.1 Å². The van der Waals surface area contributed by atoms with Gasteiger partial charge in [-0.25, -0.2) is 0 Å². The molecule has 2 rings (SSSR count). The number of anilines is 1. The van der Waals surface area contributed by atoms with Crippen molar-refractivity contribution < 1.29 is 5.11 Å². The molecule has 1 aliphatic heterocycles. The molecule has 1 fully saturated rings. The van der Waals surface area contributed by atoms with Gasteiger partial charge in [-0.15, -0.1) is 0 Å². The minimum absolute atomic E-state index is 0.286. The molecule has 82 valence electrons. The second-order valence-corrected chi connectivity index (χ2v) is 5.55. The summed E-state index contributed by atoms with van der Waals surface area (Å²) in [5.41, 5.74) is 7.23. The molecule has 0 radical (unpaired) electrons. The fourth-order valence-corrected chi connectivity index (χ4v) is 3.35. The Bertz CT molecular complexity index is 352. The molecule has 1 aromatic carbocycles. The summed E-state index contributed by atoms with van der Waals surface area (Å²) in [6, 6.07) is 5.29. The molecule has 1 aromatic rings. The molecule has 0 bridgehead atoms. The first-order valence-electron chi connectivity index (χ1n) is 5.03. The Labute approximate surface area is 98.8 Å². The van der Waals surface area contributed by atoms with Crippen LogP contribution in [0.15, 0.2) is 18.2 Å². The molecular weight excluding hydrogens is 230 g/mol. The second kappa shape index (κ2) is 4.64. The van der Waals surface area contributed by atoms with E-state index in [0.29, 0.717) is 10.7 Å². The van der Waals surface area contributed by atoms with Crippen LogP contribution in [0.5, 0.6) is 0 Å². The smallest absolute Gasteiger partial charge is 0.0928 e. The van der Waals surface area contributed by atoms with Gasteiger partial charge in [-0.2, -0.15) is 11.8 Å². The quantitative estimate of drug-likeness (QED) is 0.786. The van der Waals surface area contributed by atoms with Gasteiger partial charge in [0.05, 0.1) is 6.10 Å². The molecular formula is C11H14ClNOS. The van der Waals surface area contributed by atoms with Gasteiger partial charge in [0.25, 0.3) is 0 Å². The van der Waals surface area contributed by atoms with E-state index in [1.165, 1.54) is 6.42 Å². The summed E-state index contributed by atoms with van der Waals surface area (Å²) in [6.45, 7) is 0. The summed E-state index contributed by atoms with van der Waals surface area (Å²) in [7, 11) is 0. The molecule has 0 amide bonds. The lowest BCUT2D eigenvalue weighted by molar-refractivity contribution is 0.174. The van der Waals surface area contributed by atoms with E-state index in [1.807, 2.05) is 17.8 Å². The average molecular weight is 244 g/mol. The van der Waals surface area contributed by atoms with Crippen molar-refractivity contribution in [2.24, 2.45) is 0 Å². The van der Waals surface area contributed by atoms with E-state index in [2.05, 4.69) is 0 Å². The SMILES string of the molecule is Nc1cc(Cl)ccc1C(O)C1CCCS1. The van der Waals surface area contributed by atoms with Gasteiger partial charge in [0, 0.05) is 21.5 Å².